The van der Waals surface area contributed by atoms with Crippen molar-refractivity contribution in [2.75, 3.05) is 6.54 Å². The van der Waals surface area contributed by atoms with Gasteiger partial charge in [0.2, 0.25) is 12.0 Å². The molecule has 0 bridgehead atoms. The molecule has 2 aliphatic rings. The number of aliphatic imine (C=N–C) groups is 1. The van der Waals surface area contributed by atoms with Crippen LogP contribution in [0.15, 0.2) is 35.3 Å². The molecule has 2 unspecified atom stereocenters. The maximum atomic E-state index is 12.4. The van der Waals surface area contributed by atoms with Gasteiger partial charge in [0.1, 0.15) is 0 Å². The van der Waals surface area contributed by atoms with Gasteiger partial charge in [-0.15, -0.1) is 0 Å². The van der Waals surface area contributed by atoms with E-state index >= 15 is 0 Å². The average Bonchev–Trinajstić information content (AvgIpc) is 2.96. The molecule has 0 aromatic heterocycles. The molecule has 0 radical (unpaired) electrons. The van der Waals surface area contributed by atoms with Crippen molar-refractivity contribution >= 4 is 11.8 Å². The number of rotatable bonds is 4. The van der Waals surface area contributed by atoms with Crippen molar-refractivity contribution in [2.45, 2.75) is 51.2 Å². The van der Waals surface area contributed by atoms with E-state index in [-0.39, 0.29) is 11.9 Å². The van der Waals surface area contributed by atoms with Gasteiger partial charge in [-0.2, -0.15) is 0 Å². The molecule has 0 spiro atoms. The largest absolute Gasteiger partial charge is 0.462 e. The van der Waals surface area contributed by atoms with Crippen molar-refractivity contribution in [3.8, 4) is 0 Å². The molecule has 1 aliphatic heterocycles. The Morgan fingerprint density at radius 2 is 1.95 bits per heavy atom. The number of nitrogens with one attached hydrogen (secondary N) is 1. The second-order valence-corrected chi connectivity index (χ2v) is 6.33. The van der Waals surface area contributed by atoms with E-state index in [4.69, 9.17) is 4.74 Å². The Morgan fingerprint density at radius 1 is 1.23 bits per heavy atom. The van der Waals surface area contributed by atoms with E-state index in [9.17, 15) is 4.79 Å². The van der Waals surface area contributed by atoms with Gasteiger partial charge < -0.3 is 10.1 Å². The summed E-state index contributed by atoms with van der Waals surface area (Å²) in [5.74, 6) is 1.17. The Bertz CT molecular complexity index is 535. The maximum absolute atomic E-state index is 12.4. The summed E-state index contributed by atoms with van der Waals surface area (Å²) in [6.45, 7) is 2.70. The Balaban J connectivity index is 1.53. The smallest absolute Gasteiger partial charge is 0.263 e. The highest BCUT2D eigenvalue weighted by molar-refractivity contribution is 5.98. The number of nitrogens with zero attached hydrogens (tertiary/aromatic N) is 1. The minimum absolute atomic E-state index is 0.0345. The topological polar surface area (TPSA) is 50.7 Å². The van der Waals surface area contributed by atoms with Crippen molar-refractivity contribution < 1.29 is 9.53 Å². The summed E-state index contributed by atoms with van der Waals surface area (Å²) in [5, 5.41) is 3.06. The van der Waals surface area contributed by atoms with Crippen LogP contribution >= 0.6 is 0 Å². The van der Waals surface area contributed by atoms with Crippen LogP contribution in [-0.4, -0.2) is 30.5 Å². The van der Waals surface area contributed by atoms with E-state index in [1.165, 1.54) is 32.1 Å². The van der Waals surface area contributed by atoms with Crippen LogP contribution in [-0.2, 0) is 9.53 Å². The normalized spacial score (nSPS) is 25.4. The summed E-state index contributed by atoms with van der Waals surface area (Å²) < 4.78 is 5.80. The number of carbonyl (C=O) groups is 1. The number of ether oxygens (including phenoxy) is 1. The first-order valence-electron chi connectivity index (χ1n) is 8.31. The molecule has 1 N–H and O–H groups in total. The van der Waals surface area contributed by atoms with Crippen molar-refractivity contribution in [3.63, 3.8) is 0 Å². The molecule has 2 atom stereocenters. The van der Waals surface area contributed by atoms with Gasteiger partial charge >= 0.3 is 0 Å². The predicted molar refractivity (Wildman–Crippen MR) is 86.9 cm³/mol. The predicted octanol–water partition coefficient (Wildman–Crippen LogP) is 2.92. The Labute approximate surface area is 132 Å². The molecular formula is C18H24N2O2. The molecule has 1 aliphatic carbocycles. The lowest BCUT2D eigenvalue weighted by Gasteiger charge is -2.23. The Hall–Kier alpha value is -1.84. The number of carbonyl (C=O) groups excluding carboxylic acids is 1. The zero-order valence-electron chi connectivity index (χ0n) is 13.1. The molecule has 4 nitrogen and oxygen atoms in total. The second kappa shape index (κ2) is 6.95. The lowest BCUT2D eigenvalue weighted by Crippen LogP contribution is -2.42. The van der Waals surface area contributed by atoms with Gasteiger partial charge in [-0.3, -0.25) is 4.79 Å². The van der Waals surface area contributed by atoms with Gasteiger partial charge in [-0.05, 0) is 37.8 Å². The van der Waals surface area contributed by atoms with E-state index in [1.54, 1.807) is 0 Å². The van der Waals surface area contributed by atoms with Crippen LogP contribution in [0.3, 0.4) is 0 Å². The van der Waals surface area contributed by atoms with Crippen molar-refractivity contribution in [3.05, 3.63) is 35.9 Å². The molecule has 1 aromatic carbocycles. The first-order valence-corrected chi connectivity index (χ1v) is 8.31. The average molecular weight is 300 g/mol. The summed E-state index contributed by atoms with van der Waals surface area (Å²) in [6.07, 6.45) is 5.87. The number of benzene rings is 1. The van der Waals surface area contributed by atoms with E-state index in [0.717, 1.165) is 12.1 Å². The monoisotopic (exact) mass is 300 g/mol. The molecule has 118 valence electrons. The number of amides is 1. The molecule has 4 heteroatoms. The highest BCUT2D eigenvalue weighted by atomic mass is 16.5. The van der Waals surface area contributed by atoms with Crippen LogP contribution < -0.4 is 5.32 Å². The lowest BCUT2D eigenvalue weighted by molar-refractivity contribution is -0.128. The quantitative estimate of drug-likeness (QED) is 0.929. The highest BCUT2D eigenvalue weighted by Crippen LogP contribution is 2.23. The molecule has 1 fully saturated rings. The second-order valence-electron chi connectivity index (χ2n) is 6.33. The lowest BCUT2D eigenvalue weighted by atomic mass is 9.89. The molecule has 1 amide bonds. The van der Waals surface area contributed by atoms with Gasteiger partial charge in [0.15, 0.2) is 0 Å². The summed E-state index contributed by atoms with van der Waals surface area (Å²) in [6, 6.07) is 9.62. The van der Waals surface area contributed by atoms with Gasteiger partial charge in [-0.25, -0.2) is 4.99 Å². The summed E-state index contributed by atoms with van der Waals surface area (Å²) in [5.41, 5.74) is 0.928. The van der Waals surface area contributed by atoms with Gasteiger partial charge in [0.05, 0.1) is 6.04 Å². The molecule has 1 aromatic rings. The third-order valence-corrected chi connectivity index (χ3v) is 4.57. The van der Waals surface area contributed by atoms with Crippen molar-refractivity contribution in [2.24, 2.45) is 10.9 Å². The van der Waals surface area contributed by atoms with Crippen molar-refractivity contribution in [1.82, 2.24) is 5.32 Å². The molecule has 0 saturated heterocycles. The fourth-order valence-corrected chi connectivity index (χ4v) is 3.23. The number of hydrogen-bond acceptors (Lipinski definition) is 3. The minimum Gasteiger partial charge on any atom is -0.462 e. The van der Waals surface area contributed by atoms with E-state index in [0.29, 0.717) is 11.8 Å². The third kappa shape index (κ3) is 3.49. The van der Waals surface area contributed by atoms with Crippen LogP contribution in [0.2, 0.25) is 0 Å². The molecule has 3 rings (SSSR count). The molecule has 1 heterocycles. The fraction of sp³-hybridized carbons (Fsp3) is 0.556. The van der Waals surface area contributed by atoms with Crippen LogP contribution in [0.25, 0.3) is 0 Å². The van der Waals surface area contributed by atoms with E-state index in [2.05, 4.69) is 10.3 Å². The fourth-order valence-electron chi connectivity index (χ4n) is 3.23. The van der Waals surface area contributed by atoms with Crippen LogP contribution in [0.1, 0.15) is 44.6 Å². The first-order chi connectivity index (χ1) is 10.7. The maximum Gasteiger partial charge on any atom is 0.263 e. The molecule has 22 heavy (non-hydrogen) atoms. The van der Waals surface area contributed by atoms with E-state index in [1.807, 2.05) is 37.3 Å². The zero-order chi connectivity index (χ0) is 15.4. The van der Waals surface area contributed by atoms with Gasteiger partial charge in [0, 0.05) is 12.1 Å². The summed E-state index contributed by atoms with van der Waals surface area (Å²) in [4.78, 5) is 16.9. The molecular weight excluding hydrogens is 276 g/mol. The van der Waals surface area contributed by atoms with E-state index < -0.39 is 6.10 Å². The van der Waals surface area contributed by atoms with Crippen LogP contribution in [0, 0.1) is 5.92 Å². The van der Waals surface area contributed by atoms with Crippen LogP contribution in [0.5, 0.6) is 0 Å². The Kier molecular flexibility index (Phi) is 4.76. The standard InChI is InChI=1S/C18H24N2O2/c1-13-16(17(21)19-12-14-8-4-2-5-9-14)22-18(20-13)15-10-6-3-7-11-15/h3,6-7,10-11,13-14,16H,2,4-5,8-9,12H2,1H3,(H,19,21). The van der Waals surface area contributed by atoms with Crippen molar-refractivity contribution in [1.29, 1.82) is 0 Å². The van der Waals surface area contributed by atoms with Gasteiger partial charge in [-0.1, -0.05) is 37.5 Å². The third-order valence-electron chi connectivity index (χ3n) is 4.57. The van der Waals surface area contributed by atoms with Gasteiger partial charge in [0.25, 0.3) is 5.91 Å². The zero-order valence-corrected chi connectivity index (χ0v) is 13.1. The number of hydrogen-bond donors (Lipinski definition) is 1. The summed E-state index contributed by atoms with van der Waals surface area (Å²) >= 11 is 0. The molecule has 1 saturated carbocycles. The van der Waals surface area contributed by atoms with Crippen LogP contribution in [0.4, 0.5) is 0 Å². The minimum atomic E-state index is -0.501. The Morgan fingerprint density at radius 3 is 2.68 bits per heavy atom. The summed E-state index contributed by atoms with van der Waals surface area (Å²) in [7, 11) is 0. The highest BCUT2D eigenvalue weighted by Gasteiger charge is 2.34. The first kappa shape index (κ1) is 15.1. The SMILES string of the molecule is CC1N=C(c2ccccc2)OC1C(=O)NCC1CCCCC1.